The van der Waals surface area contributed by atoms with Crippen LogP contribution in [0, 0.1) is 0 Å². The number of aromatic nitrogens is 3. The molecule has 0 atom stereocenters. The minimum atomic E-state index is -0.731. The smallest absolute Gasteiger partial charge is 0.186 e. The Morgan fingerprint density at radius 3 is 1.39 bits per heavy atom. The normalized spacial score (nSPS) is 13.1. The maximum Gasteiger partial charge on any atom is 0.186 e. The van der Waals surface area contributed by atoms with Crippen LogP contribution in [0.5, 0.6) is 5.75 Å². The lowest BCUT2D eigenvalue weighted by Crippen LogP contribution is -2.36. The number of para-hydroxylation sites is 1. The first-order valence-corrected chi connectivity index (χ1v) is 18.3. The second kappa shape index (κ2) is 11.9. The molecule has 0 unspecified atom stereocenters. The van der Waals surface area contributed by atoms with Crippen molar-refractivity contribution in [3.8, 4) is 73.3 Å². The van der Waals surface area contributed by atoms with E-state index in [1.165, 1.54) is 27.8 Å². The average molecular weight is 690 g/mol. The lowest BCUT2D eigenvalue weighted by molar-refractivity contribution is 0.157. The highest BCUT2D eigenvalue weighted by Gasteiger charge is 2.50. The van der Waals surface area contributed by atoms with Crippen molar-refractivity contribution in [2.45, 2.75) is 5.60 Å². The van der Waals surface area contributed by atoms with Crippen molar-refractivity contribution >= 4 is 10.8 Å². The fourth-order valence-corrected chi connectivity index (χ4v) is 8.35. The van der Waals surface area contributed by atoms with Gasteiger partial charge in [-0.25, -0.2) is 15.0 Å². The molecule has 9 aromatic rings. The largest absolute Gasteiger partial charge is 0.472 e. The Kier molecular flexibility index (Phi) is 6.73. The molecule has 1 spiro atoms. The summed E-state index contributed by atoms with van der Waals surface area (Å²) < 4.78 is 7.16. The Balaban J connectivity index is 1.02. The van der Waals surface area contributed by atoms with Gasteiger partial charge in [0.25, 0.3) is 0 Å². The van der Waals surface area contributed by atoms with Gasteiger partial charge in [0.2, 0.25) is 0 Å². The van der Waals surface area contributed by atoms with Crippen LogP contribution >= 0.6 is 0 Å². The molecule has 0 saturated heterocycles. The first-order chi connectivity index (χ1) is 26.7. The molecule has 0 fully saturated rings. The minimum Gasteiger partial charge on any atom is -0.472 e. The van der Waals surface area contributed by atoms with Crippen molar-refractivity contribution in [1.82, 2.24) is 15.0 Å². The van der Waals surface area contributed by atoms with Crippen LogP contribution in [0.25, 0.3) is 78.3 Å². The summed E-state index contributed by atoms with van der Waals surface area (Å²) in [6, 6.07) is 66.0. The Morgan fingerprint density at radius 2 is 0.759 bits per heavy atom. The molecule has 1 aromatic heterocycles. The van der Waals surface area contributed by atoms with E-state index in [4.69, 9.17) is 19.7 Å². The SMILES string of the molecule is c1ccc(-c2nc(-c3ccccc3)nc(-c3ccc4cc(-c5ccc6c(c5)-c5ccccc5OC65c6ccccc6-c6ccccc65)ccc4c3)n2)cc1. The summed E-state index contributed by atoms with van der Waals surface area (Å²) >= 11 is 0. The van der Waals surface area contributed by atoms with Gasteiger partial charge in [0, 0.05) is 38.9 Å². The second-order valence-corrected chi connectivity index (χ2v) is 13.9. The third kappa shape index (κ3) is 4.67. The standard InChI is InChI=1S/C50H31N3O/c1-3-13-32(14-4-1)47-51-48(33-15-5-2-6-16-33)53-49(52-47)38-26-25-34-29-35(23-24-36(34)30-38)37-27-28-45-42(31-37)41-19-9-12-22-46(41)54-50(45)43-20-10-7-17-39(43)40-18-8-11-21-44(40)50/h1-31H. The molecule has 0 amide bonds. The van der Waals surface area contributed by atoms with Crippen LogP contribution in [0.4, 0.5) is 0 Å². The Morgan fingerprint density at radius 1 is 0.315 bits per heavy atom. The molecule has 252 valence electrons. The fourth-order valence-electron chi connectivity index (χ4n) is 8.35. The molecule has 0 bridgehead atoms. The predicted octanol–water partition coefficient (Wildman–Crippen LogP) is 12.0. The van der Waals surface area contributed by atoms with Gasteiger partial charge in [-0.2, -0.15) is 0 Å². The van der Waals surface area contributed by atoms with Crippen LogP contribution in [0.2, 0.25) is 0 Å². The topological polar surface area (TPSA) is 47.9 Å². The van der Waals surface area contributed by atoms with E-state index < -0.39 is 5.60 Å². The molecule has 0 saturated carbocycles. The molecule has 1 aliphatic heterocycles. The first kappa shape index (κ1) is 30.5. The van der Waals surface area contributed by atoms with Gasteiger partial charge < -0.3 is 4.74 Å². The maximum absolute atomic E-state index is 7.16. The fraction of sp³-hybridized carbons (Fsp3) is 0.0200. The summed E-state index contributed by atoms with van der Waals surface area (Å²) in [5, 5.41) is 2.27. The Labute approximate surface area is 313 Å². The molecule has 54 heavy (non-hydrogen) atoms. The van der Waals surface area contributed by atoms with Crippen molar-refractivity contribution < 1.29 is 4.74 Å². The van der Waals surface area contributed by atoms with Crippen molar-refractivity contribution in [3.63, 3.8) is 0 Å². The number of rotatable bonds is 4. The van der Waals surface area contributed by atoms with E-state index in [1.807, 2.05) is 60.7 Å². The van der Waals surface area contributed by atoms with E-state index in [0.29, 0.717) is 17.5 Å². The molecule has 4 nitrogen and oxygen atoms in total. The summed E-state index contributed by atoms with van der Waals surface area (Å²) in [6.45, 7) is 0. The van der Waals surface area contributed by atoms with Gasteiger partial charge in [0.15, 0.2) is 23.1 Å². The van der Waals surface area contributed by atoms with Crippen LogP contribution in [0.3, 0.4) is 0 Å². The highest BCUT2D eigenvalue weighted by Crippen LogP contribution is 2.58. The van der Waals surface area contributed by atoms with Crippen LogP contribution in [0.1, 0.15) is 16.7 Å². The average Bonchev–Trinajstić information content (AvgIpc) is 3.53. The van der Waals surface area contributed by atoms with Crippen LogP contribution in [-0.4, -0.2) is 15.0 Å². The molecular weight excluding hydrogens is 659 g/mol. The highest BCUT2D eigenvalue weighted by atomic mass is 16.5. The van der Waals surface area contributed by atoms with Gasteiger partial charge in [-0.1, -0.05) is 164 Å². The van der Waals surface area contributed by atoms with Crippen molar-refractivity contribution in [3.05, 3.63) is 205 Å². The molecule has 2 aliphatic rings. The number of hydrogen-bond donors (Lipinski definition) is 0. The molecule has 0 N–H and O–H groups in total. The van der Waals surface area contributed by atoms with E-state index in [1.54, 1.807) is 0 Å². The molecule has 2 heterocycles. The van der Waals surface area contributed by atoms with Gasteiger partial charge >= 0.3 is 0 Å². The number of hydrogen-bond acceptors (Lipinski definition) is 4. The van der Waals surface area contributed by atoms with Crippen molar-refractivity contribution in [1.29, 1.82) is 0 Å². The number of ether oxygens (including phenoxy) is 1. The third-order valence-electron chi connectivity index (χ3n) is 10.9. The molecular formula is C50H31N3O. The van der Waals surface area contributed by atoms with E-state index in [-0.39, 0.29) is 0 Å². The van der Waals surface area contributed by atoms with Gasteiger partial charge in [0.1, 0.15) is 5.75 Å². The van der Waals surface area contributed by atoms with Gasteiger partial charge in [-0.3, -0.25) is 0 Å². The zero-order valence-electron chi connectivity index (χ0n) is 29.1. The summed E-state index contributed by atoms with van der Waals surface area (Å²) in [7, 11) is 0. The van der Waals surface area contributed by atoms with Crippen LogP contribution in [0.15, 0.2) is 188 Å². The Bertz CT molecular complexity index is 2820. The number of nitrogens with zero attached hydrogens (tertiary/aromatic N) is 3. The van der Waals surface area contributed by atoms with E-state index in [0.717, 1.165) is 55.5 Å². The molecule has 1 aliphatic carbocycles. The van der Waals surface area contributed by atoms with Crippen molar-refractivity contribution in [2.24, 2.45) is 0 Å². The minimum absolute atomic E-state index is 0.647. The van der Waals surface area contributed by atoms with E-state index in [2.05, 4.69) is 127 Å². The molecule has 4 heteroatoms. The number of benzene rings is 8. The third-order valence-corrected chi connectivity index (χ3v) is 10.9. The molecule has 0 radical (unpaired) electrons. The van der Waals surface area contributed by atoms with E-state index >= 15 is 0 Å². The summed E-state index contributed by atoms with van der Waals surface area (Å²) in [5.74, 6) is 2.85. The summed E-state index contributed by atoms with van der Waals surface area (Å²) in [4.78, 5) is 14.8. The summed E-state index contributed by atoms with van der Waals surface area (Å²) in [6.07, 6.45) is 0. The zero-order chi connectivity index (χ0) is 35.6. The van der Waals surface area contributed by atoms with Gasteiger partial charge in [0.05, 0.1) is 0 Å². The Hall–Kier alpha value is -7.17. The first-order valence-electron chi connectivity index (χ1n) is 18.3. The lowest BCUT2D eigenvalue weighted by atomic mass is 9.77. The molecule has 11 rings (SSSR count). The lowest BCUT2D eigenvalue weighted by Gasteiger charge is -2.39. The van der Waals surface area contributed by atoms with Crippen molar-refractivity contribution in [2.75, 3.05) is 0 Å². The maximum atomic E-state index is 7.16. The monoisotopic (exact) mass is 689 g/mol. The van der Waals surface area contributed by atoms with E-state index in [9.17, 15) is 0 Å². The quantitative estimate of drug-likeness (QED) is 0.185. The zero-order valence-corrected chi connectivity index (χ0v) is 29.1. The van der Waals surface area contributed by atoms with Gasteiger partial charge in [-0.05, 0) is 62.9 Å². The number of fused-ring (bicyclic) bond motifs is 10. The van der Waals surface area contributed by atoms with Crippen LogP contribution < -0.4 is 4.74 Å². The predicted molar refractivity (Wildman–Crippen MR) is 217 cm³/mol. The van der Waals surface area contributed by atoms with Gasteiger partial charge in [-0.15, -0.1) is 0 Å². The molecule has 8 aromatic carbocycles. The van der Waals surface area contributed by atoms with Crippen LogP contribution in [-0.2, 0) is 5.60 Å². The summed E-state index contributed by atoms with van der Waals surface area (Å²) in [5.41, 5.74) is 12.7. The highest BCUT2D eigenvalue weighted by molar-refractivity contribution is 5.93. The second-order valence-electron chi connectivity index (χ2n) is 13.9.